The lowest BCUT2D eigenvalue weighted by atomic mass is 10.1. The minimum atomic E-state index is -3.66. The van der Waals surface area contributed by atoms with Gasteiger partial charge in [0, 0.05) is 172 Å². The summed E-state index contributed by atoms with van der Waals surface area (Å²) in [6.45, 7) is 29.3. The standard InChI is InChI=1S/C19H30N4O.C18H25N5OS.C18H28N4O3S.C18H28N4OS.C17H25FN4O3S/c1-15-4-5-18(16(2)14-15)22-10-12-23(13-11-22)19(24)20-17-6-8-21(3)9-7-17;1-21-8-6-14(7-9-21)19-17(24)22-10-12-23(13-11-22)18-20-15-4-2-3-5-16(15)25-18;1-15-3-5-17(6-4-15)26(24,25)22-13-11-21(12-14-22)18(23)19-16-7-9-20(2)10-8-16;1-20-9-7-15(8-10-20)19-18(23)22-13-11-21(12-14-22)16-5-3-4-6-17(16)24-2;1-20-8-6-15(7-9-20)19-17(23)21-10-12-22(13-11-21)26(24,25)16-4-2-14(18)3-5-16/h4-5,14,17H,6-13H2,1-3H3,(H,20,24);2-5,14H,6-13H2,1H3,(H,19,24);3-6,16H,7-14H2,1-2H3,(H,19,23);3-6,15H,7-14H2,1-2H3,(H,19,23);2-5,15H,6-13H2,1H3,(H,19,23). The normalized spacial score (nSPS) is 20.5. The zero-order valence-corrected chi connectivity index (χ0v) is 78.2. The van der Waals surface area contributed by atoms with Crippen LogP contribution < -0.4 is 41.3 Å². The first-order valence-electron chi connectivity index (χ1n) is 44.9. The van der Waals surface area contributed by atoms with Crippen molar-refractivity contribution in [2.75, 3.05) is 253 Å². The van der Waals surface area contributed by atoms with E-state index in [4.69, 9.17) is 4.98 Å². The highest BCUT2D eigenvalue weighted by molar-refractivity contribution is 7.98. The van der Waals surface area contributed by atoms with E-state index in [1.54, 1.807) is 57.2 Å². The second-order valence-corrected chi connectivity index (χ2v) is 40.8. The number of nitrogens with zero attached hydrogens (tertiary/aromatic N) is 16. The number of anilines is 3. The van der Waals surface area contributed by atoms with Crippen LogP contribution in [0.2, 0.25) is 0 Å². The molecule has 5 aromatic carbocycles. The Kier molecular flexibility index (Phi) is 35.3. The Morgan fingerprint density at radius 2 is 0.664 bits per heavy atom. The van der Waals surface area contributed by atoms with Gasteiger partial charge < -0.3 is 90.3 Å². The summed E-state index contributed by atoms with van der Waals surface area (Å²) in [5.74, 6) is -0.473. The van der Waals surface area contributed by atoms with E-state index in [1.807, 2.05) is 27.7 Å². The van der Waals surface area contributed by atoms with Crippen LogP contribution in [0.1, 0.15) is 80.9 Å². The van der Waals surface area contributed by atoms with Crippen LogP contribution in [0.25, 0.3) is 10.2 Å². The van der Waals surface area contributed by atoms with Gasteiger partial charge in [-0.1, -0.05) is 71.0 Å². The third-order valence-electron chi connectivity index (χ3n) is 25.8. The Hall–Kier alpha value is -8.36. The molecule has 6 aromatic rings. The van der Waals surface area contributed by atoms with Crippen molar-refractivity contribution in [2.24, 2.45) is 0 Å². The van der Waals surface area contributed by atoms with Gasteiger partial charge in [-0.2, -0.15) is 8.61 Å². The molecule has 125 heavy (non-hydrogen) atoms. The number of rotatable bonds is 13. The number of thioether (sulfide) groups is 1. The molecule has 0 atom stereocenters. The molecule has 0 bridgehead atoms. The Morgan fingerprint density at radius 1 is 0.360 bits per heavy atom. The number of amides is 10. The number of thiazole rings is 1. The zero-order chi connectivity index (χ0) is 88.7. The minimum Gasteiger partial charge on any atom is -0.368 e. The summed E-state index contributed by atoms with van der Waals surface area (Å²) in [7, 11) is 3.43. The molecule has 10 aliphatic rings. The number of carbonyl (C=O) groups is 5. The van der Waals surface area contributed by atoms with E-state index in [9.17, 15) is 45.2 Å². The maximum absolute atomic E-state index is 13.0. The number of piperazine rings is 5. The number of carbonyl (C=O) groups excluding carboxylic acids is 5. The fourth-order valence-corrected chi connectivity index (χ4v) is 21.9. The zero-order valence-electron chi connectivity index (χ0n) is 75.0. The predicted octanol–water partition coefficient (Wildman–Crippen LogP) is 8.83. The lowest BCUT2D eigenvalue weighted by Gasteiger charge is -2.38. The van der Waals surface area contributed by atoms with Crippen molar-refractivity contribution >= 4 is 100 Å². The molecule has 10 aliphatic heterocycles. The highest BCUT2D eigenvalue weighted by Crippen LogP contribution is 2.32. The largest absolute Gasteiger partial charge is 0.368 e. The van der Waals surface area contributed by atoms with Crippen molar-refractivity contribution < 1.29 is 45.2 Å². The molecule has 16 rings (SSSR count). The molecule has 30 nitrogen and oxygen atoms in total. The van der Waals surface area contributed by atoms with E-state index in [0.717, 1.165) is 237 Å². The van der Waals surface area contributed by atoms with Crippen LogP contribution in [-0.2, 0) is 20.0 Å². The van der Waals surface area contributed by atoms with E-state index in [-0.39, 0.29) is 60.2 Å². The lowest BCUT2D eigenvalue weighted by Crippen LogP contribution is -2.55. The monoisotopic (exact) mass is 1800 g/mol. The summed E-state index contributed by atoms with van der Waals surface area (Å²) in [4.78, 5) is 96.6. The number of fused-ring (bicyclic) bond motifs is 1. The Bertz CT molecular complexity index is 4500. The number of urea groups is 5. The lowest BCUT2D eigenvalue weighted by molar-refractivity contribution is 0.160. The molecule has 686 valence electrons. The molecule has 0 spiro atoms. The highest BCUT2D eigenvalue weighted by atomic mass is 32.2. The van der Waals surface area contributed by atoms with Crippen LogP contribution in [0.3, 0.4) is 0 Å². The maximum Gasteiger partial charge on any atom is 0.317 e. The predicted molar refractivity (Wildman–Crippen MR) is 499 cm³/mol. The second kappa shape index (κ2) is 46.1. The Morgan fingerprint density at radius 3 is 1.01 bits per heavy atom. The van der Waals surface area contributed by atoms with Gasteiger partial charge in [0.2, 0.25) is 20.0 Å². The third kappa shape index (κ3) is 27.6. The number of hydrogen-bond donors (Lipinski definition) is 5. The summed E-state index contributed by atoms with van der Waals surface area (Å²) < 4.78 is 67.7. The average molecular weight is 1800 g/mol. The van der Waals surface area contributed by atoms with Gasteiger partial charge in [0.1, 0.15) is 5.82 Å². The van der Waals surface area contributed by atoms with Crippen molar-refractivity contribution in [3.05, 3.63) is 138 Å². The van der Waals surface area contributed by atoms with Crippen LogP contribution in [0.4, 0.5) is 44.9 Å². The smallest absolute Gasteiger partial charge is 0.317 e. The second-order valence-electron chi connectivity index (χ2n) is 35.0. The Balaban J connectivity index is 0.000000142. The maximum atomic E-state index is 13.0. The molecule has 10 saturated heterocycles. The van der Waals surface area contributed by atoms with Gasteiger partial charge in [0.25, 0.3) is 0 Å². The summed E-state index contributed by atoms with van der Waals surface area (Å²) >= 11 is 3.51. The molecule has 10 fully saturated rings. The molecular formula is C90H136FN21O9S4. The third-order valence-corrected chi connectivity index (χ3v) is 31.5. The molecular weight excluding hydrogens is 1670 g/mol. The number of aryl methyl sites for hydroxylation is 3. The number of likely N-dealkylation sites (tertiary alicyclic amines) is 5. The van der Waals surface area contributed by atoms with Gasteiger partial charge in [-0.05, 0) is 264 Å². The number of hydrogen-bond acceptors (Lipinski definition) is 20. The highest BCUT2D eigenvalue weighted by Gasteiger charge is 2.36. The summed E-state index contributed by atoms with van der Waals surface area (Å²) in [6.07, 6.45) is 12.2. The van der Waals surface area contributed by atoms with E-state index >= 15 is 0 Å². The number of sulfonamides is 2. The molecule has 5 N–H and O–H groups in total. The van der Waals surface area contributed by atoms with Crippen LogP contribution in [0.5, 0.6) is 0 Å². The first-order valence-corrected chi connectivity index (χ1v) is 49.9. The first-order chi connectivity index (χ1) is 60.1. The van der Waals surface area contributed by atoms with Crippen molar-refractivity contribution in [1.82, 2.24) is 89.2 Å². The summed E-state index contributed by atoms with van der Waals surface area (Å²) in [5, 5.41) is 16.9. The molecule has 0 unspecified atom stereocenters. The van der Waals surface area contributed by atoms with Gasteiger partial charge >= 0.3 is 30.2 Å². The summed E-state index contributed by atoms with van der Waals surface area (Å²) in [5.41, 5.74) is 7.30. The van der Waals surface area contributed by atoms with Crippen LogP contribution in [-0.4, -0.2) is 378 Å². The number of para-hydroxylation sites is 2. The minimum absolute atomic E-state index is 0.0723. The van der Waals surface area contributed by atoms with Crippen molar-refractivity contribution in [1.29, 1.82) is 0 Å². The fourth-order valence-electron chi connectivity index (χ4n) is 17.4. The topological polar surface area (TPSA) is 275 Å². The van der Waals surface area contributed by atoms with Crippen LogP contribution in [0.15, 0.2) is 130 Å². The van der Waals surface area contributed by atoms with Crippen molar-refractivity contribution in [3.8, 4) is 0 Å². The van der Waals surface area contributed by atoms with Gasteiger partial charge in [-0.3, -0.25) is 0 Å². The SMILES string of the molecule is CN1CCC(NC(=O)N2CCN(S(=O)(=O)c3ccc(F)cc3)CC2)CC1.CN1CCC(NC(=O)N2CCN(c3nc4ccccc4s3)CC2)CC1.CSc1ccccc1N1CCN(C(=O)NC2CCN(C)CC2)CC1.Cc1ccc(N2CCN(C(=O)NC3CCN(C)CC3)CC2)c(C)c1.Cc1ccc(S(=O)(=O)N2CCN(C(=O)NC3CCN(C)CC3)CC2)cc1. The molecule has 35 heteroatoms. The number of piperidine rings is 5. The van der Waals surface area contributed by atoms with Gasteiger partial charge in [-0.15, -0.1) is 11.8 Å². The number of benzene rings is 5. The number of aromatic nitrogens is 1. The fraction of sp³-hybridized carbons (Fsp3) is 0.600. The van der Waals surface area contributed by atoms with Crippen LogP contribution in [0, 0.1) is 26.6 Å². The van der Waals surface area contributed by atoms with Crippen molar-refractivity contribution in [2.45, 2.75) is 130 Å². The molecule has 0 radical (unpaired) electrons. The molecule has 0 saturated carbocycles. The average Bonchev–Trinajstić information content (AvgIpc) is 1.80. The molecule has 0 aliphatic carbocycles. The summed E-state index contributed by atoms with van der Waals surface area (Å²) in [6, 6.07) is 36.6. The Labute approximate surface area is 749 Å². The quantitative estimate of drug-likeness (QED) is 0.0675. The van der Waals surface area contributed by atoms with E-state index < -0.39 is 25.9 Å². The molecule has 11 heterocycles. The van der Waals surface area contributed by atoms with Crippen molar-refractivity contribution in [3.63, 3.8) is 0 Å². The van der Waals surface area contributed by atoms with E-state index in [2.05, 4.69) is 182 Å². The van der Waals surface area contributed by atoms with Gasteiger partial charge in [-0.25, -0.2) is 50.2 Å². The first kappa shape index (κ1) is 95.7. The van der Waals surface area contributed by atoms with E-state index in [1.165, 1.54) is 52.8 Å². The van der Waals surface area contributed by atoms with Crippen LogP contribution >= 0.6 is 23.1 Å². The van der Waals surface area contributed by atoms with Gasteiger partial charge in [0.05, 0.1) is 25.7 Å². The van der Waals surface area contributed by atoms with E-state index in [0.29, 0.717) is 62.3 Å². The molecule has 10 amide bonds. The number of nitrogens with one attached hydrogen (secondary N) is 5. The number of halogens is 1. The van der Waals surface area contributed by atoms with Gasteiger partial charge in [0.15, 0.2) is 5.13 Å². The molecule has 1 aromatic heterocycles.